The van der Waals surface area contributed by atoms with E-state index in [0.29, 0.717) is 6.54 Å². The van der Waals surface area contributed by atoms with Crippen LogP contribution in [0.5, 0.6) is 5.75 Å². The van der Waals surface area contributed by atoms with E-state index in [-0.39, 0.29) is 11.9 Å². The minimum Gasteiger partial charge on any atom is -0.491 e. The Morgan fingerprint density at radius 3 is 2.45 bits per heavy atom. The number of benzene rings is 1. The molecule has 0 bridgehead atoms. The first-order chi connectivity index (χ1) is 10.4. The maximum absolute atomic E-state index is 12.6. The van der Waals surface area contributed by atoms with E-state index < -0.39 is 0 Å². The minimum atomic E-state index is 0.148. The molecule has 0 radical (unpaired) electrons. The van der Waals surface area contributed by atoms with E-state index in [0.717, 1.165) is 41.4 Å². The first kappa shape index (κ1) is 17.0. The lowest BCUT2D eigenvalue weighted by Crippen LogP contribution is -2.37. The molecule has 0 unspecified atom stereocenters. The largest absolute Gasteiger partial charge is 0.491 e. The van der Waals surface area contributed by atoms with Crippen LogP contribution in [0.1, 0.15) is 55.1 Å². The SMILES string of the molecule is Cc1cc(C(=O)CN2CCC(C)CC2)c(C)cc1OC(C)C. The Kier molecular flexibility index (Phi) is 5.63. The zero-order chi connectivity index (χ0) is 16.3. The van der Waals surface area contributed by atoms with Crippen molar-refractivity contribution in [2.45, 2.75) is 53.6 Å². The van der Waals surface area contributed by atoms with Gasteiger partial charge in [0.1, 0.15) is 5.75 Å². The third-order valence-electron chi connectivity index (χ3n) is 4.43. The number of rotatable bonds is 5. The van der Waals surface area contributed by atoms with E-state index in [9.17, 15) is 4.79 Å². The molecule has 3 heteroatoms. The fourth-order valence-corrected chi connectivity index (χ4v) is 2.98. The second-order valence-corrected chi connectivity index (χ2v) is 6.98. The zero-order valence-corrected chi connectivity index (χ0v) is 14.6. The smallest absolute Gasteiger partial charge is 0.177 e. The van der Waals surface area contributed by atoms with Gasteiger partial charge in [0.25, 0.3) is 0 Å². The van der Waals surface area contributed by atoms with E-state index >= 15 is 0 Å². The van der Waals surface area contributed by atoms with Gasteiger partial charge in [-0.2, -0.15) is 0 Å². The molecule has 3 nitrogen and oxygen atoms in total. The molecule has 1 heterocycles. The van der Waals surface area contributed by atoms with Crippen molar-refractivity contribution in [3.05, 3.63) is 28.8 Å². The highest BCUT2D eigenvalue weighted by atomic mass is 16.5. The number of aryl methyl sites for hydroxylation is 2. The standard InChI is InChI=1S/C19H29NO2/c1-13(2)22-19-11-15(4)17(10-16(19)5)18(21)12-20-8-6-14(3)7-9-20/h10-11,13-14H,6-9,12H2,1-5H3. The predicted molar refractivity (Wildman–Crippen MR) is 90.8 cm³/mol. The van der Waals surface area contributed by atoms with Gasteiger partial charge in [0.05, 0.1) is 12.6 Å². The normalized spacial score (nSPS) is 17.0. The maximum Gasteiger partial charge on any atom is 0.177 e. The van der Waals surface area contributed by atoms with Gasteiger partial charge < -0.3 is 4.74 Å². The minimum absolute atomic E-state index is 0.148. The lowest BCUT2D eigenvalue weighted by atomic mass is 9.97. The number of carbonyl (C=O) groups is 1. The molecule has 1 aromatic carbocycles. The van der Waals surface area contributed by atoms with E-state index in [1.807, 2.05) is 39.8 Å². The summed E-state index contributed by atoms with van der Waals surface area (Å²) >= 11 is 0. The number of hydrogen-bond donors (Lipinski definition) is 0. The summed E-state index contributed by atoms with van der Waals surface area (Å²) in [6, 6.07) is 3.99. The summed E-state index contributed by atoms with van der Waals surface area (Å²) in [6.07, 6.45) is 2.55. The van der Waals surface area contributed by atoms with Gasteiger partial charge in [-0.1, -0.05) is 6.92 Å². The highest BCUT2D eigenvalue weighted by Crippen LogP contribution is 2.25. The van der Waals surface area contributed by atoms with Gasteiger partial charge in [-0.05, 0) is 82.8 Å². The molecule has 122 valence electrons. The van der Waals surface area contributed by atoms with Crippen LogP contribution in [-0.4, -0.2) is 36.4 Å². The Morgan fingerprint density at radius 2 is 1.86 bits per heavy atom. The molecule has 0 amide bonds. The zero-order valence-electron chi connectivity index (χ0n) is 14.6. The van der Waals surface area contributed by atoms with Crippen molar-refractivity contribution >= 4 is 5.78 Å². The topological polar surface area (TPSA) is 29.5 Å². The molecule has 2 rings (SSSR count). The van der Waals surface area contributed by atoms with Gasteiger partial charge in [-0.3, -0.25) is 9.69 Å². The van der Waals surface area contributed by atoms with Crippen molar-refractivity contribution < 1.29 is 9.53 Å². The van der Waals surface area contributed by atoms with Gasteiger partial charge >= 0.3 is 0 Å². The summed E-state index contributed by atoms with van der Waals surface area (Å²) in [5.41, 5.74) is 2.89. The summed E-state index contributed by atoms with van der Waals surface area (Å²) in [4.78, 5) is 14.9. The molecule has 22 heavy (non-hydrogen) atoms. The first-order valence-electron chi connectivity index (χ1n) is 8.40. The van der Waals surface area contributed by atoms with Crippen LogP contribution < -0.4 is 4.74 Å². The number of ketones is 1. The average Bonchev–Trinajstić information content (AvgIpc) is 2.44. The van der Waals surface area contributed by atoms with Crippen molar-refractivity contribution in [3.63, 3.8) is 0 Å². The Morgan fingerprint density at radius 1 is 1.23 bits per heavy atom. The fraction of sp³-hybridized carbons (Fsp3) is 0.632. The molecule has 1 aliphatic heterocycles. The number of carbonyl (C=O) groups excluding carboxylic acids is 1. The Bertz CT molecular complexity index is 528. The fourth-order valence-electron chi connectivity index (χ4n) is 2.98. The molecule has 1 aliphatic rings. The van der Waals surface area contributed by atoms with Gasteiger partial charge in [0, 0.05) is 5.56 Å². The van der Waals surface area contributed by atoms with Crippen molar-refractivity contribution in [2.24, 2.45) is 5.92 Å². The second-order valence-electron chi connectivity index (χ2n) is 6.98. The molecular weight excluding hydrogens is 274 g/mol. The van der Waals surface area contributed by atoms with E-state index in [4.69, 9.17) is 4.74 Å². The van der Waals surface area contributed by atoms with Crippen molar-refractivity contribution in [3.8, 4) is 5.75 Å². The molecule has 0 spiro atoms. The number of nitrogens with zero attached hydrogens (tertiary/aromatic N) is 1. The molecule has 0 aliphatic carbocycles. The highest BCUT2D eigenvalue weighted by molar-refractivity contribution is 5.99. The Hall–Kier alpha value is -1.35. The molecule has 1 fully saturated rings. The highest BCUT2D eigenvalue weighted by Gasteiger charge is 2.20. The molecule has 0 aromatic heterocycles. The molecule has 0 atom stereocenters. The third kappa shape index (κ3) is 4.33. The van der Waals surface area contributed by atoms with Crippen LogP contribution in [0.2, 0.25) is 0 Å². The van der Waals surface area contributed by atoms with Crippen molar-refractivity contribution in [2.75, 3.05) is 19.6 Å². The van der Waals surface area contributed by atoms with E-state index in [2.05, 4.69) is 11.8 Å². The van der Waals surface area contributed by atoms with Crippen LogP contribution in [0.3, 0.4) is 0 Å². The first-order valence-corrected chi connectivity index (χ1v) is 8.40. The molecule has 0 saturated carbocycles. The number of piperidine rings is 1. The number of hydrogen-bond acceptors (Lipinski definition) is 3. The summed E-state index contributed by atoms with van der Waals surface area (Å²) in [5.74, 6) is 1.91. The second kappa shape index (κ2) is 7.28. The average molecular weight is 303 g/mol. The number of likely N-dealkylation sites (tertiary alicyclic amines) is 1. The van der Waals surface area contributed by atoms with Crippen LogP contribution in [0, 0.1) is 19.8 Å². The van der Waals surface area contributed by atoms with Crippen LogP contribution in [0.25, 0.3) is 0 Å². The molecule has 1 aromatic rings. The molecule has 0 N–H and O–H groups in total. The molecule has 1 saturated heterocycles. The summed E-state index contributed by atoms with van der Waals surface area (Å²) < 4.78 is 5.80. The van der Waals surface area contributed by atoms with Crippen LogP contribution in [0.4, 0.5) is 0 Å². The van der Waals surface area contributed by atoms with Gasteiger partial charge in [-0.15, -0.1) is 0 Å². The lowest BCUT2D eigenvalue weighted by molar-refractivity contribution is 0.0899. The van der Waals surface area contributed by atoms with Crippen molar-refractivity contribution in [1.29, 1.82) is 0 Å². The number of Topliss-reactive ketones (excluding diaryl/α,β-unsaturated/α-hetero) is 1. The van der Waals surface area contributed by atoms with Gasteiger partial charge in [0.2, 0.25) is 0 Å². The Labute approximate surface area is 134 Å². The van der Waals surface area contributed by atoms with Crippen LogP contribution in [0.15, 0.2) is 12.1 Å². The van der Waals surface area contributed by atoms with Gasteiger partial charge in [-0.25, -0.2) is 0 Å². The summed E-state index contributed by atoms with van der Waals surface area (Å²) in [7, 11) is 0. The Balaban J connectivity index is 2.08. The van der Waals surface area contributed by atoms with Crippen molar-refractivity contribution in [1.82, 2.24) is 4.90 Å². The van der Waals surface area contributed by atoms with Gasteiger partial charge in [0.15, 0.2) is 5.78 Å². The third-order valence-corrected chi connectivity index (χ3v) is 4.43. The summed E-state index contributed by atoms with van der Waals surface area (Å²) in [6.45, 7) is 13.0. The lowest BCUT2D eigenvalue weighted by Gasteiger charge is -2.29. The van der Waals surface area contributed by atoms with Crippen LogP contribution >= 0.6 is 0 Å². The number of ether oxygens (including phenoxy) is 1. The monoisotopic (exact) mass is 303 g/mol. The predicted octanol–water partition coefficient (Wildman–Crippen LogP) is 4.01. The van der Waals surface area contributed by atoms with E-state index in [1.54, 1.807) is 0 Å². The maximum atomic E-state index is 12.6. The van der Waals surface area contributed by atoms with E-state index in [1.165, 1.54) is 12.8 Å². The molecular formula is C19H29NO2. The quantitative estimate of drug-likeness (QED) is 0.770. The van der Waals surface area contributed by atoms with Crippen LogP contribution in [-0.2, 0) is 0 Å². The summed E-state index contributed by atoms with van der Waals surface area (Å²) in [5, 5.41) is 0.